The smallest absolute Gasteiger partial charge is 0.858 e. The van der Waals surface area contributed by atoms with E-state index in [-0.39, 0.29) is 41.1 Å². The fourth-order valence-corrected chi connectivity index (χ4v) is 2.22. The molecule has 7 nitrogen and oxygen atoms in total. The van der Waals surface area contributed by atoms with Gasteiger partial charge in [0.1, 0.15) is 0 Å². The fraction of sp³-hybridized carbons (Fsp3) is 0.0667. The summed E-state index contributed by atoms with van der Waals surface area (Å²) in [5.41, 5.74) is 1.53. The first kappa shape index (κ1) is 17.1. The van der Waals surface area contributed by atoms with E-state index in [0.717, 1.165) is 0 Å². The predicted molar refractivity (Wildman–Crippen MR) is 77.6 cm³/mol. The number of aromatic nitrogens is 3. The molecule has 0 spiro atoms. The Hall–Kier alpha value is -2.22. The van der Waals surface area contributed by atoms with E-state index >= 15 is 0 Å². The maximum absolute atomic E-state index is 12.5. The minimum absolute atomic E-state index is 0. The molecular weight excluding hydrogens is 307 g/mol. The summed E-state index contributed by atoms with van der Waals surface area (Å²) in [5.74, 6) is 0.133. The molecule has 0 aliphatic rings. The third-order valence-electron chi connectivity index (χ3n) is 3.25. The molecule has 0 atom stereocenters. The molecule has 2 heterocycles. The summed E-state index contributed by atoms with van der Waals surface area (Å²) in [5, 5.41) is 27.4. The Bertz CT molecular complexity index is 832. The third-order valence-corrected chi connectivity index (χ3v) is 3.25. The largest absolute Gasteiger partial charge is 1.00 e. The Labute approximate surface area is 154 Å². The molecule has 0 aliphatic carbocycles. The van der Waals surface area contributed by atoms with Crippen molar-refractivity contribution in [3.8, 4) is 22.8 Å². The number of hydrogen-bond donors (Lipinski definition) is 0. The Kier molecular flexibility index (Phi) is 5.15. The second kappa shape index (κ2) is 6.91. The average Bonchev–Trinajstić information content (AvgIpc) is 2.83. The molecule has 0 aliphatic heterocycles. The number of nitro benzene ring substituents is 1. The molecule has 3 aromatic rings. The van der Waals surface area contributed by atoms with Crippen molar-refractivity contribution < 1.29 is 39.6 Å². The molecule has 0 saturated carbocycles. The van der Waals surface area contributed by atoms with Crippen molar-refractivity contribution in [1.82, 2.24) is 14.8 Å². The van der Waals surface area contributed by atoms with E-state index in [9.17, 15) is 15.2 Å². The summed E-state index contributed by atoms with van der Waals surface area (Å²) < 4.78 is 1.23. The molecule has 3 rings (SSSR count). The van der Waals surface area contributed by atoms with Gasteiger partial charge >= 0.3 is 29.6 Å². The second-order valence-corrected chi connectivity index (χ2v) is 4.67. The van der Waals surface area contributed by atoms with Crippen molar-refractivity contribution in [3.05, 3.63) is 64.5 Å². The van der Waals surface area contributed by atoms with Gasteiger partial charge in [-0.1, -0.05) is 6.07 Å². The van der Waals surface area contributed by atoms with Crippen LogP contribution < -0.4 is 34.7 Å². The Balaban J connectivity index is 0.00000192. The van der Waals surface area contributed by atoms with E-state index in [4.69, 9.17) is 0 Å². The van der Waals surface area contributed by atoms with Gasteiger partial charge in [0.2, 0.25) is 0 Å². The summed E-state index contributed by atoms with van der Waals surface area (Å²) >= 11 is 0. The molecule has 0 saturated heterocycles. The quantitative estimate of drug-likeness (QED) is 0.359. The summed E-state index contributed by atoms with van der Waals surface area (Å²) in [6.45, 7) is 1.72. The molecular formula is C15H11N4NaO3. The van der Waals surface area contributed by atoms with Gasteiger partial charge < -0.3 is 5.11 Å². The molecule has 8 heteroatoms. The van der Waals surface area contributed by atoms with E-state index < -0.39 is 4.92 Å². The molecule has 0 bridgehead atoms. The van der Waals surface area contributed by atoms with Crippen LogP contribution in [-0.2, 0) is 0 Å². The van der Waals surface area contributed by atoms with Gasteiger partial charge in [0.25, 0.3) is 5.69 Å². The van der Waals surface area contributed by atoms with Crippen molar-refractivity contribution in [2.24, 2.45) is 0 Å². The maximum atomic E-state index is 12.5. The minimum atomic E-state index is -0.480. The number of rotatable bonds is 3. The van der Waals surface area contributed by atoms with E-state index in [1.54, 1.807) is 43.5 Å². The van der Waals surface area contributed by atoms with Gasteiger partial charge in [0, 0.05) is 29.8 Å². The molecule has 0 amide bonds. The number of non-ortho nitro benzene ring substituents is 1. The van der Waals surface area contributed by atoms with Crippen LogP contribution in [0, 0.1) is 17.0 Å². The minimum Gasteiger partial charge on any atom is -0.858 e. The molecule has 110 valence electrons. The summed E-state index contributed by atoms with van der Waals surface area (Å²) in [7, 11) is 0. The first-order valence-electron chi connectivity index (χ1n) is 6.51. The monoisotopic (exact) mass is 318 g/mol. The van der Waals surface area contributed by atoms with Gasteiger partial charge in [0.15, 0.2) is 5.82 Å². The third kappa shape index (κ3) is 3.26. The Morgan fingerprint density at radius 2 is 1.83 bits per heavy atom. The zero-order chi connectivity index (χ0) is 15.7. The van der Waals surface area contributed by atoms with Crippen LogP contribution >= 0.6 is 0 Å². The van der Waals surface area contributed by atoms with Gasteiger partial charge in [0.05, 0.1) is 10.6 Å². The van der Waals surface area contributed by atoms with E-state index in [1.165, 1.54) is 16.8 Å². The van der Waals surface area contributed by atoms with Crippen LogP contribution in [-0.4, -0.2) is 19.7 Å². The van der Waals surface area contributed by atoms with Crippen LogP contribution in [0.15, 0.2) is 48.7 Å². The van der Waals surface area contributed by atoms with E-state index in [0.29, 0.717) is 22.6 Å². The van der Waals surface area contributed by atoms with Gasteiger partial charge in [-0.15, -0.1) is 0 Å². The molecule has 1 aromatic carbocycles. The van der Waals surface area contributed by atoms with Crippen molar-refractivity contribution in [3.63, 3.8) is 0 Å². The van der Waals surface area contributed by atoms with Crippen LogP contribution in [0.1, 0.15) is 5.69 Å². The number of aryl methyl sites for hydroxylation is 1. The fourth-order valence-electron chi connectivity index (χ4n) is 2.22. The molecule has 0 radical (unpaired) electrons. The zero-order valence-electron chi connectivity index (χ0n) is 12.6. The van der Waals surface area contributed by atoms with Crippen molar-refractivity contribution >= 4 is 5.69 Å². The number of hydrogen-bond acceptors (Lipinski definition) is 5. The number of nitrogens with zero attached hydrogens (tertiary/aromatic N) is 4. The first-order valence-corrected chi connectivity index (χ1v) is 6.51. The van der Waals surface area contributed by atoms with Crippen molar-refractivity contribution in [2.75, 3.05) is 0 Å². The number of benzene rings is 1. The van der Waals surface area contributed by atoms with E-state index in [2.05, 4.69) is 10.1 Å². The van der Waals surface area contributed by atoms with Gasteiger partial charge in [-0.2, -0.15) is 5.10 Å². The second-order valence-electron chi connectivity index (χ2n) is 4.67. The summed E-state index contributed by atoms with van der Waals surface area (Å²) in [4.78, 5) is 14.3. The topological polar surface area (TPSA) is 96.9 Å². The van der Waals surface area contributed by atoms with Gasteiger partial charge in [-0.05, 0) is 36.8 Å². The normalized spacial score (nSPS) is 10.1. The SMILES string of the molecule is Cc1nn(-c2ccccn2)c([O-])c1-c1ccc([N+](=O)[O-])cc1.[Na+]. The Morgan fingerprint density at radius 1 is 1.13 bits per heavy atom. The van der Waals surface area contributed by atoms with E-state index in [1.807, 2.05) is 0 Å². The Morgan fingerprint density at radius 3 is 2.39 bits per heavy atom. The average molecular weight is 318 g/mol. The standard InChI is InChI=1S/C15H12N4O3.Na/c1-10-14(11-5-7-12(8-6-11)19(21)22)15(20)18(17-10)13-4-2-3-9-16-13;/h2-9,20H,1H3;/q;+1/p-1. The van der Waals surface area contributed by atoms with Crippen LogP contribution in [0.5, 0.6) is 5.88 Å². The molecule has 0 N–H and O–H groups in total. The molecule has 0 fully saturated rings. The maximum Gasteiger partial charge on any atom is 1.00 e. The molecule has 0 unspecified atom stereocenters. The summed E-state index contributed by atoms with van der Waals surface area (Å²) in [6, 6.07) is 11.0. The first-order chi connectivity index (χ1) is 10.6. The number of pyridine rings is 1. The van der Waals surface area contributed by atoms with Crippen LogP contribution in [0.4, 0.5) is 5.69 Å². The van der Waals surface area contributed by atoms with Gasteiger partial charge in [-0.3, -0.25) is 10.1 Å². The van der Waals surface area contributed by atoms with Crippen molar-refractivity contribution in [1.29, 1.82) is 0 Å². The zero-order valence-corrected chi connectivity index (χ0v) is 14.6. The molecule has 2 aromatic heterocycles. The van der Waals surface area contributed by atoms with Crippen molar-refractivity contribution in [2.45, 2.75) is 6.92 Å². The molecule has 23 heavy (non-hydrogen) atoms. The number of nitro groups is 1. The van der Waals surface area contributed by atoms with Crippen LogP contribution in [0.25, 0.3) is 16.9 Å². The predicted octanol–water partition coefficient (Wildman–Crippen LogP) is -0.771. The van der Waals surface area contributed by atoms with Crippen LogP contribution in [0.3, 0.4) is 0 Å². The summed E-state index contributed by atoms with van der Waals surface area (Å²) in [6.07, 6.45) is 1.58. The van der Waals surface area contributed by atoms with Crippen LogP contribution in [0.2, 0.25) is 0 Å². The van der Waals surface area contributed by atoms with Gasteiger partial charge in [-0.25, -0.2) is 9.67 Å².